The van der Waals surface area contributed by atoms with Gasteiger partial charge in [0.2, 0.25) is 0 Å². The average Bonchev–Trinajstić information content (AvgIpc) is 2.53. The first-order chi connectivity index (χ1) is 7.58. The Morgan fingerprint density at radius 3 is 2.69 bits per heavy atom. The van der Waals surface area contributed by atoms with E-state index in [1.807, 2.05) is 43.8 Å². The van der Waals surface area contributed by atoms with E-state index in [0.29, 0.717) is 0 Å². The molecule has 0 fully saturated rings. The van der Waals surface area contributed by atoms with Crippen molar-refractivity contribution >= 4 is 17.4 Å². The minimum absolute atomic E-state index is 0.853. The van der Waals surface area contributed by atoms with Crippen LogP contribution >= 0.6 is 11.8 Å². The minimum Gasteiger partial charge on any atom is -0.398 e. The van der Waals surface area contributed by atoms with Crippen molar-refractivity contribution in [2.45, 2.75) is 23.8 Å². The van der Waals surface area contributed by atoms with E-state index in [9.17, 15) is 0 Å². The number of nitrogen functional groups attached to an aromatic ring is 1. The molecule has 1 aromatic heterocycles. The molecular weight excluding hydrogens is 218 g/mol. The highest BCUT2D eigenvalue weighted by Crippen LogP contribution is 2.33. The van der Waals surface area contributed by atoms with E-state index in [4.69, 9.17) is 5.73 Å². The Labute approximate surface area is 99.7 Å². The molecule has 84 valence electrons. The van der Waals surface area contributed by atoms with Crippen molar-refractivity contribution in [3.05, 3.63) is 35.5 Å². The van der Waals surface area contributed by atoms with Gasteiger partial charge in [-0.25, -0.2) is 0 Å². The van der Waals surface area contributed by atoms with Crippen LogP contribution in [0.25, 0.3) is 0 Å². The number of hydrogen-bond donors (Lipinski definition) is 1. The summed E-state index contributed by atoms with van der Waals surface area (Å²) < 4.78 is 1.88. The van der Waals surface area contributed by atoms with Crippen LogP contribution in [-0.2, 0) is 7.05 Å². The van der Waals surface area contributed by atoms with Crippen molar-refractivity contribution in [2.24, 2.45) is 7.05 Å². The van der Waals surface area contributed by atoms with Gasteiger partial charge in [0.05, 0.1) is 10.7 Å². The van der Waals surface area contributed by atoms with Crippen LogP contribution in [-0.4, -0.2) is 9.78 Å². The number of rotatable bonds is 2. The van der Waals surface area contributed by atoms with Gasteiger partial charge in [0, 0.05) is 17.6 Å². The fourth-order valence-electron chi connectivity index (χ4n) is 1.54. The molecule has 0 aliphatic heterocycles. The molecule has 2 N–H and O–H groups in total. The van der Waals surface area contributed by atoms with E-state index in [1.54, 1.807) is 11.8 Å². The van der Waals surface area contributed by atoms with Crippen LogP contribution in [0.15, 0.2) is 34.2 Å². The van der Waals surface area contributed by atoms with Crippen molar-refractivity contribution in [1.29, 1.82) is 0 Å². The van der Waals surface area contributed by atoms with Gasteiger partial charge in [-0.3, -0.25) is 4.68 Å². The zero-order valence-corrected chi connectivity index (χ0v) is 10.5. The highest BCUT2D eigenvalue weighted by molar-refractivity contribution is 7.99. The van der Waals surface area contributed by atoms with Crippen LogP contribution in [0, 0.1) is 13.8 Å². The third-order valence-electron chi connectivity index (χ3n) is 2.46. The lowest BCUT2D eigenvalue weighted by Crippen LogP contribution is -1.95. The van der Waals surface area contributed by atoms with Gasteiger partial charge in [0.1, 0.15) is 0 Å². The summed E-state index contributed by atoms with van der Waals surface area (Å²) in [6.45, 7) is 4.01. The Morgan fingerprint density at radius 2 is 2.06 bits per heavy atom. The van der Waals surface area contributed by atoms with Gasteiger partial charge < -0.3 is 5.73 Å². The number of aromatic nitrogens is 2. The topological polar surface area (TPSA) is 43.8 Å². The molecule has 0 saturated heterocycles. The van der Waals surface area contributed by atoms with Crippen LogP contribution < -0.4 is 5.73 Å². The molecule has 2 rings (SSSR count). The molecule has 4 heteroatoms. The van der Waals surface area contributed by atoms with Crippen molar-refractivity contribution < 1.29 is 0 Å². The van der Waals surface area contributed by atoms with Gasteiger partial charge in [-0.15, -0.1) is 0 Å². The quantitative estimate of drug-likeness (QED) is 0.811. The zero-order valence-electron chi connectivity index (χ0n) is 9.69. The number of aryl methyl sites for hydroxylation is 3. The molecule has 0 atom stereocenters. The summed E-state index contributed by atoms with van der Waals surface area (Å²) in [5, 5.41) is 5.42. The predicted octanol–water partition coefficient (Wildman–Crippen LogP) is 2.77. The number of nitrogens with zero attached hydrogens (tertiary/aromatic N) is 2. The van der Waals surface area contributed by atoms with E-state index in [-0.39, 0.29) is 0 Å². The molecule has 2 aromatic rings. The molecule has 3 nitrogen and oxygen atoms in total. The van der Waals surface area contributed by atoms with Crippen molar-refractivity contribution in [1.82, 2.24) is 9.78 Å². The molecule has 16 heavy (non-hydrogen) atoms. The lowest BCUT2D eigenvalue weighted by Gasteiger charge is -2.07. The molecule has 0 aliphatic carbocycles. The second-order valence-corrected chi connectivity index (χ2v) is 4.90. The molecule has 1 aromatic carbocycles. The number of hydrogen-bond acceptors (Lipinski definition) is 3. The van der Waals surface area contributed by atoms with Gasteiger partial charge in [-0.05, 0) is 31.5 Å². The first-order valence-electron chi connectivity index (χ1n) is 5.11. The largest absolute Gasteiger partial charge is 0.398 e. The Kier molecular flexibility index (Phi) is 2.92. The molecule has 0 bridgehead atoms. The Balaban J connectivity index is 2.34. The summed E-state index contributed by atoms with van der Waals surface area (Å²) in [4.78, 5) is 1.09. The van der Waals surface area contributed by atoms with Crippen molar-refractivity contribution in [3.8, 4) is 0 Å². The first-order valence-corrected chi connectivity index (χ1v) is 5.93. The number of para-hydroxylation sites is 1. The lowest BCUT2D eigenvalue weighted by molar-refractivity contribution is 0.692. The minimum atomic E-state index is 0.853. The summed E-state index contributed by atoms with van der Waals surface area (Å²) in [5.41, 5.74) is 9.03. The molecule has 0 spiro atoms. The van der Waals surface area contributed by atoms with E-state index >= 15 is 0 Å². The van der Waals surface area contributed by atoms with Gasteiger partial charge >= 0.3 is 0 Å². The summed E-state index contributed by atoms with van der Waals surface area (Å²) in [6, 6.07) is 8.15. The molecule has 1 heterocycles. The molecule has 0 aliphatic rings. The Morgan fingerprint density at radius 1 is 1.31 bits per heavy atom. The third kappa shape index (κ3) is 2.07. The van der Waals surface area contributed by atoms with Gasteiger partial charge in [-0.1, -0.05) is 23.9 Å². The molecule has 0 unspecified atom stereocenters. The van der Waals surface area contributed by atoms with E-state index in [2.05, 4.69) is 11.2 Å². The highest BCUT2D eigenvalue weighted by Gasteiger charge is 2.07. The Hall–Kier alpha value is -1.42. The Bertz CT molecular complexity index is 517. The van der Waals surface area contributed by atoms with Crippen LogP contribution in [0.5, 0.6) is 0 Å². The van der Waals surface area contributed by atoms with Crippen LogP contribution in [0.4, 0.5) is 5.69 Å². The van der Waals surface area contributed by atoms with Gasteiger partial charge in [0.25, 0.3) is 0 Å². The normalized spacial score (nSPS) is 10.7. The average molecular weight is 233 g/mol. The van der Waals surface area contributed by atoms with Gasteiger partial charge in [-0.2, -0.15) is 5.10 Å². The monoisotopic (exact) mass is 233 g/mol. The van der Waals surface area contributed by atoms with E-state index in [0.717, 1.165) is 26.9 Å². The smallest absolute Gasteiger partial charge is 0.0987 e. The van der Waals surface area contributed by atoms with Crippen molar-refractivity contribution in [2.75, 3.05) is 5.73 Å². The number of anilines is 1. The number of benzene rings is 1. The van der Waals surface area contributed by atoms with Crippen LogP contribution in [0.3, 0.4) is 0 Å². The molecule has 0 radical (unpaired) electrons. The highest BCUT2D eigenvalue weighted by atomic mass is 32.2. The van der Waals surface area contributed by atoms with Crippen LogP contribution in [0.1, 0.15) is 11.3 Å². The fourth-order valence-corrected chi connectivity index (χ4v) is 2.58. The maximum absolute atomic E-state index is 6.04. The maximum Gasteiger partial charge on any atom is 0.0987 e. The third-order valence-corrected chi connectivity index (χ3v) is 3.62. The molecule has 0 amide bonds. The lowest BCUT2D eigenvalue weighted by atomic mass is 10.2. The second kappa shape index (κ2) is 4.22. The molecular formula is C12H15N3S. The van der Waals surface area contributed by atoms with Crippen molar-refractivity contribution in [3.63, 3.8) is 0 Å². The predicted molar refractivity (Wildman–Crippen MR) is 67.7 cm³/mol. The van der Waals surface area contributed by atoms with Crippen LogP contribution in [0.2, 0.25) is 0 Å². The summed E-state index contributed by atoms with van der Waals surface area (Å²) >= 11 is 1.65. The summed E-state index contributed by atoms with van der Waals surface area (Å²) in [7, 11) is 1.95. The fraction of sp³-hybridized carbons (Fsp3) is 0.250. The molecule has 0 saturated carbocycles. The number of nitrogens with two attached hydrogens (primary N) is 1. The summed E-state index contributed by atoms with van der Waals surface area (Å²) in [5.74, 6) is 0. The maximum atomic E-state index is 6.04. The van der Waals surface area contributed by atoms with E-state index < -0.39 is 0 Å². The standard InChI is InChI=1S/C12H15N3S/c1-8-5-4-6-10(12(8)13)16-11-7-9(2)14-15(11)3/h4-7H,13H2,1-3H3. The zero-order chi connectivity index (χ0) is 11.7. The second-order valence-electron chi connectivity index (χ2n) is 3.84. The SMILES string of the molecule is Cc1cc(Sc2cccc(C)c2N)n(C)n1. The summed E-state index contributed by atoms with van der Waals surface area (Å²) in [6.07, 6.45) is 0. The first kappa shape index (κ1) is 11.1. The van der Waals surface area contributed by atoms with E-state index in [1.165, 1.54) is 0 Å². The van der Waals surface area contributed by atoms with Gasteiger partial charge in [0.15, 0.2) is 0 Å².